The fraction of sp³-hybridized carbons (Fsp3) is 0.417. The van der Waals surface area contributed by atoms with E-state index in [0.29, 0.717) is 0 Å². The molecule has 2 fully saturated rings. The van der Waals surface area contributed by atoms with Crippen LogP contribution in [0.15, 0.2) is 24.3 Å². The van der Waals surface area contributed by atoms with Crippen molar-refractivity contribution in [1.29, 1.82) is 0 Å². The molecular weight excluding hydrogens is 174 g/mol. The van der Waals surface area contributed by atoms with E-state index in [-0.39, 0.29) is 17.2 Å². The minimum absolute atomic E-state index is 0.156. The molecule has 1 heterocycles. The van der Waals surface area contributed by atoms with E-state index in [4.69, 9.17) is 0 Å². The molecule has 2 aliphatic rings. The quantitative estimate of drug-likeness (QED) is 0.707. The van der Waals surface area contributed by atoms with Crippen LogP contribution in [0, 0.1) is 12.8 Å². The third-order valence-electron chi connectivity index (χ3n) is 3.56. The summed E-state index contributed by atoms with van der Waals surface area (Å²) in [5.74, 6) is 0.496. The monoisotopic (exact) mass is 187 g/mol. The Kier molecular flexibility index (Phi) is 1.37. The standard InChI is InChI=1S/C12H13NO/c1-8-3-2-4-9(5-8)12-6-10(12)11(14)13-7-12/h2-5,10H,6-7H2,1H3,(H,13,14). The van der Waals surface area contributed by atoms with Gasteiger partial charge in [-0.2, -0.15) is 0 Å². The Balaban J connectivity index is 2.01. The summed E-state index contributed by atoms with van der Waals surface area (Å²) in [6.07, 6.45) is 1.04. The number of aryl methyl sites for hydroxylation is 1. The van der Waals surface area contributed by atoms with Crippen molar-refractivity contribution in [3.63, 3.8) is 0 Å². The molecule has 1 N–H and O–H groups in total. The highest BCUT2D eigenvalue weighted by Crippen LogP contribution is 2.56. The van der Waals surface area contributed by atoms with Crippen LogP contribution >= 0.6 is 0 Å². The van der Waals surface area contributed by atoms with Gasteiger partial charge in [0.2, 0.25) is 5.91 Å². The van der Waals surface area contributed by atoms with Gasteiger partial charge >= 0.3 is 0 Å². The van der Waals surface area contributed by atoms with E-state index in [2.05, 4.69) is 36.5 Å². The number of hydrogen-bond acceptors (Lipinski definition) is 1. The average Bonchev–Trinajstić information content (AvgIpc) is 2.83. The summed E-state index contributed by atoms with van der Waals surface area (Å²) in [5, 5.41) is 2.94. The predicted molar refractivity (Wildman–Crippen MR) is 54.0 cm³/mol. The average molecular weight is 187 g/mol. The molecule has 0 spiro atoms. The van der Waals surface area contributed by atoms with Crippen molar-refractivity contribution >= 4 is 5.91 Å². The fourth-order valence-corrected chi connectivity index (χ4v) is 2.59. The van der Waals surface area contributed by atoms with Gasteiger partial charge in [-0.05, 0) is 18.9 Å². The molecule has 1 aliphatic heterocycles. The van der Waals surface area contributed by atoms with Crippen LogP contribution in [0.2, 0.25) is 0 Å². The highest BCUT2D eigenvalue weighted by Gasteiger charge is 2.63. The number of amides is 1. The number of fused-ring (bicyclic) bond motifs is 1. The van der Waals surface area contributed by atoms with Gasteiger partial charge in [0.1, 0.15) is 0 Å². The fourth-order valence-electron chi connectivity index (χ4n) is 2.59. The lowest BCUT2D eigenvalue weighted by molar-refractivity contribution is -0.120. The number of rotatable bonds is 1. The maximum Gasteiger partial charge on any atom is 0.224 e. The van der Waals surface area contributed by atoms with Crippen molar-refractivity contribution in [1.82, 2.24) is 5.32 Å². The van der Waals surface area contributed by atoms with E-state index in [1.807, 2.05) is 0 Å². The van der Waals surface area contributed by atoms with Crippen molar-refractivity contribution in [2.24, 2.45) is 5.92 Å². The molecule has 72 valence electrons. The number of hydrogen-bond donors (Lipinski definition) is 1. The number of carbonyl (C=O) groups is 1. The van der Waals surface area contributed by atoms with E-state index in [0.717, 1.165) is 13.0 Å². The molecule has 2 atom stereocenters. The minimum atomic E-state index is 0.156. The Morgan fingerprint density at radius 3 is 2.93 bits per heavy atom. The first-order chi connectivity index (χ1) is 6.72. The Morgan fingerprint density at radius 1 is 1.50 bits per heavy atom. The first-order valence-corrected chi connectivity index (χ1v) is 5.07. The molecule has 1 aromatic carbocycles. The molecular formula is C12H13NO. The maximum atomic E-state index is 11.4. The minimum Gasteiger partial charge on any atom is -0.355 e. The highest BCUT2D eigenvalue weighted by molar-refractivity contribution is 5.88. The van der Waals surface area contributed by atoms with Gasteiger partial charge in [-0.15, -0.1) is 0 Å². The Bertz CT molecular complexity index is 413. The van der Waals surface area contributed by atoms with Gasteiger partial charge in [0.05, 0.1) is 5.92 Å². The largest absolute Gasteiger partial charge is 0.355 e. The second kappa shape index (κ2) is 2.38. The van der Waals surface area contributed by atoms with Gasteiger partial charge in [-0.1, -0.05) is 29.8 Å². The van der Waals surface area contributed by atoms with Crippen molar-refractivity contribution < 1.29 is 4.79 Å². The van der Waals surface area contributed by atoms with Crippen LogP contribution in [0.5, 0.6) is 0 Å². The lowest BCUT2D eigenvalue weighted by Gasteiger charge is -2.11. The molecule has 1 aromatic rings. The number of benzene rings is 1. The van der Waals surface area contributed by atoms with E-state index < -0.39 is 0 Å². The van der Waals surface area contributed by atoms with Crippen LogP contribution < -0.4 is 5.32 Å². The zero-order chi connectivity index (χ0) is 9.76. The smallest absolute Gasteiger partial charge is 0.224 e. The molecule has 14 heavy (non-hydrogen) atoms. The van der Waals surface area contributed by atoms with Crippen LogP contribution in [-0.2, 0) is 10.2 Å². The van der Waals surface area contributed by atoms with Crippen LogP contribution in [0.4, 0.5) is 0 Å². The first-order valence-electron chi connectivity index (χ1n) is 5.07. The summed E-state index contributed by atoms with van der Waals surface area (Å²) in [6.45, 7) is 2.93. The Labute approximate surface area is 83.3 Å². The molecule has 2 unspecified atom stereocenters. The normalized spacial score (nSPS) is 33.8. The van der Waals surface area contributed by atoms with Gasteiger partial charge in [-0.25, -0.2) is 0 Å². The van der Waals surface area contributed by atoms with Gasteiger partial charge < -0.3 is 5.32 Å². The van der Waals surface area contributed by atoms with Crippen molar-refractivity contribution in [2.75, 3.05) is 6.54 Å². The number of piperidine rings is 1. The van der Waals surface area contributed by atoms with Crippen LogP contribution in [-0.4, -0.2) is 12.5 Å². The number of carbonyl (C=O) groups excluding carboxylic acids is 1. The van der Waals surface area contributed by atoms with E-state index >= 15 is 0 Å². The topological polar surface area (TPSA) is 29.1 Å². The molecule has 0 radical (unpaired) electrons. The molecule has 2 heteroatoms. The Hall–Kier alpha value is -1.31. The second-order valence-corrected chi connectivity index (χ2v) is 4.50. The Morgan fingerprint density at radius 2 is 2.36 bits per heavy atom. The summed E-state index contributed by atoms with van der Waals surface area (Å²) >= 11 is 0. The van der Waals surface area contributed by atoms with Crippen molar-refractivity contribution in [3.05, 3.63) is 35.4 Å². The van der Waals surface area contributed by atoms with Crippen LogP contribution in [0.1, 0.15) is 17.5 Å². The van der Waals surface area contributed by atoms with Gasteiger partial charge in [0, 0.05) is 12.0 Å². The highest BCUT2D eigenvalue weighted by atomic mass is 16.2. The summed E-state index contributed by atoms with van der Waals surface area (Å²) < 4.78 is 0. The zero-order valence-corrected chi connectivity index (χ0v) is 8.21. The lowest BCUT2D eigenvalue weighted by atomic mass is 9.94. The molecule has 0 bridgehead atoms. The molecule has 1 saturated carbocycles. The van der Waals surface area contributed by atoms with Gasteiger partial charge in [0.25, 0.3) is 0 Å². The van der Waals surface area contributed by atoms with Crippen molar-refractivity contribution in [2.45, 2.75) is 18.8 Å². The zero-order valence-electron chi connectivity index (χ0n) is 8.21. The van der Waals surface area contributed by atoms with E-state index in [1.165, 1.54) is 11.1 Å². The first kappa shape index (κ1) is 8.04. The third-order valence-corrected chi connectivity index (χ3v) is 3.56. The molecule has 2 nitrogen and oxygen atoms in total. The molecule has 1 aliphatic carbocycles. The van der Waals surface area contributed by atoms with Gasteiger partial charge in [0.15, 0.2) is 0 Å². The lowest BCUT2D eigenvalue weighted by Crippen LogP contribution is -2.22. The summed E-state index contributed by atoms with van der Waals surface area (Å²) in [4.78, 5) is 11.4. The third kappa shape index (κ3) is 0.884. The predicted octanol–water partition coefficient (Wildman–Crippen LogP) is 1.38. The van der Waals surface area contributed by atoms with Crippen LogP contribution in [0.25, 0.3) is 0 Å². The number of nitrogens with one attached hydrogen (secondary N) is 1. The summed E-state index contributed by atoms with van der Waals surface area (Å²) in [5.41, 5.74) is 2.77. The van der Waals surface area contributed by atoms with Crippen molar-refractivity contribution in [3.8, 4) is 0 Å². The van der Waals surface area contributed by atoms with Crippen LogP contribution in [0.3, 0.4) is 0 Å². The van der Waals surface area contributed by atoms with E-state index in [9.17, 15) is 4.79 Å². The molecule has 3 rings (SSSR count). The summed E-state index contributed by atoms with van der Waals surface area (Å²) in [6, 6.07) is 8.53. The molecule has 1 saturated heterocycles. The van der Waals surface area contributed by atoms with Gasteiger partial charge in [-0.3, -0.25) is 4.79 Å². The second-order valence-electron chi connectivity index (χ2n) is 4.50. The maximum absolute atomic E-state index is 11.4. The SMILES string of the molecule is Cc1cccc(C23CNC(=O)C2C3)c1. The van der Waals surface area contributed by atoms with E-state index in [1.54, 1.807) is 0 Å². The molecule has 1 amide bonds. The summed E-state index contributed by atoms with van der Waals surface area (Å²) in [7, 11) is 0. The molecule has 0 aromatic heterocycles.